The Hall–Kier alpha value is -1.89. The normalized spacial score (nSPS) is 16.2. The zero-order valence-corrected chi connectivity index (χ0v) is 15.4. The van der Waals surface area contributed by atoms with Crippen LogP contribution in [0.3, 0.4) is 0 Å². The van der Waals surface area contributed by atoms with Gasteiger partial charge in [0.15, 0.2) is 0 Å². The molecular formula is C20H24FN2O2S+. The monoisotopic (exact) mass is 375 g/mol. The van der Waals surface area contributed by atoms with E-state index in [-0.39, 0.29) is 17.8 Å². The van der Waals surface area contributed by atoms with Gasteiger partial charge in [0.25, 0.3) is 0 Å². The zero-order chi connectivity index (χ0) is 18.2. The van der Waals surface area contributed by atoms with Gasteiger partial charge in [0.1, 0.15) is 31.5 Å². The van der Waals surface area contributed by atoms with Gasteiger partial charge in [-0.15, -0.1) is 11.8 Å². The number of carbonyl (C=O) groups is 1. The summed E-state index contributed by atoms with van der Waals surface area (Å²) in [5.41, 5.74) is 1.12. The van der Waals surface area contributed by atoms with E-state index >= 15 is 0 Å². The lowest BCUT2D eigenvalue weighted by molar-refractivity contribution is -0.909. The molecule has 0 saturated carbocycles. The summed E-state index contributed by atoms with van der Waals surface area (Å²) in [5, 5.41) is 3.17. The average Bonchev–Trinajstić information content (AvgIpc) is 2.68. The van der Waals surface area contributed by atoms with Gasteiger partial charge in [-0.25, -0.2) is 4.39 Å². The van der Waals surface area contributed by atoms with Crippen molar-refractivity contribution >= 4 is 17.7 Å². The molecule has 1 atom stereocenters. The predicted molar refractivity (Wildman–Crippen MR) is 101 cm³/mol. The van der Waals surface area contributed by atoms with E-state index in [9.17, 15) is 9.18 Å². The minimum absolute atomic E-state index is 0.0131. The van der Waals surface area contributed by atoms with Gasteiger partial charge in [0, 0.05) is 4.90 Å². The number of carbonyl (C=O) groups excluding carboxylic acids is 1. The first kappa shape index (κ1) is 18.9. The van der Waals surface area contributed by atoms with Gasteiger partial charge in [-0.3, -0.25) is 4.79 Å². The van der Waals surface area contributed by atoms with E-state index in [0.29, 0.717) is 5.75 Å². The van der Waals surface area contributed by atoms with Crippen LogP contribution in [0, 0.1) is 5.82 Å². The SMILES string of the molecule is O=C(CSc1ccc(F)cc1)N[C@@H](C[NH+]1CCOCC1)c1ccccc1. The van der Waals surface area contributed by atoms with Crippen LogP contribution in [-0.2, 0) is 9.53 Å². The van der Waals surface area contributed by atoms with Crippen LogP contribution in [0.25, 0.3) is 0 Å². The third-order valence-corrected chi connectivity index (χ3v) is 5.43. The molecule has 2 aromatic rings. The lowest BCUT2D eigenvalue weighted by Crippen LogP contribution is -3.14. The highest BCUT2D eigenvalue weighted by Gasteiger charge is 2.22. The van der Waals surface area contributed by atoms with Crippen LogP contribution >= 0.6 is 11.8 Å². The molecule has 138 valence electrons. The standard InChI is InChI=1S/C20H23FN2O2S/c21-17-6-8-18(9-7-17)26-15-20(24)22-19(16-4-2-1-3-5-16)14-23-10-12-25-13-11-23/h1-9,19H,10-15H2,(H,22,24)/p+1/t19-/m0/s1. The van der Waals surface area contributed by atoms with Crippen molar-refractivity contribution in [1.29, 1.82) is 0 Å². The van der Waals surface area contributed by atoms with E-state index in [1.54, 1.807) is 12.1 Å². The molecule has 2 aromatic carbocycles. The molecule has 1 amide bonds. The van der Waals surface area contributed by atoms with Crippen molar-refractivity contribution in [2.75, 3.05) is 38.6 Å². The highest BCUT2D eigenvalue weighted by atomic mass is 32.2. The Morgan fingerprint density at radius 3 is 2.50 bits per heavy atom. The lowest BCUT2D eigenvalue weighted by atomic mass is 10.1. The van der Waals surface area contributed by atoms with Gasteiger partial charge < -0.3 is 15.0 Å². The average molecular weight is 375 g/mol. The van der Waals surface area contributed by atoms with Crippen molar-refractivity contribution in [3.8, 4) is 0 Å². The van der Waals surface area contributed by atoms with Crippen LogP contribution in [0.15, 0.2) is 59.5 Å². The van der Waals surface area contributed by atoms with Crippen LogP contribution in [0.5, 0.6) is 0 Å². The number of nitrogens with one attached hydrogen (secondary N) is 2. The number of rotatable bonds is 7. The number of morpholine rings is 1. The highest BCUT2D eigenvalue weighted by Crippen LogP contribution is 2.18. The summed E-state index contributed by atoms with van der Waals surface area (Å²) in [6.45, 7) is 4.31. The second-order valence-electron chi connectivity index (χ2n) is 6.34. The van der Waals surface area contributed by atoms with Crippen molar-refractivity contribution in [2.45, 2.75) is 10.9 Å². The fraction of sp³-hybridized carbons (Fsp3) is 0.350. The van der Waals surface area contributed by atoms with E-state index in [4.69, 9.17) is 4.74 Å². The molecule has 1 heterocycles. The summed E-state index contributed by atoms with van der Waals surface area (Å²) in [6.07, 6.45) is 0. The molecule has 1 saturated heterocycles. The Morgan fingerprint density at radius 2 is 1.81 bits per heavy atom. The molecule has 1 aliphatic rings. The molecule has 0 radical (unpaired) electrons. The summed E-state index contributed by atoms with van der Waals surface area (Å²) in [6, 6.07) is 16.3. The first-order valence-electron chi connectivity index (χ1n) is 8.85. The lowest BCUT2D eigenvalue weighted by Gasteiger charge is -2.28. The molecule has 0 aromatic heterocycles. The Kier molecular flexibility index (Phi) is 7.05. The van der Waals surface area contributed by atoms with Crippen LogP contribution in [-0.4, -0.2) is 44.5 Å². The van der Waals surface area contributed by atoms with Gasteiger partial charge >= 0.3 is 0 Å². The number of ether oxygens (including phenoxy) is 1. The first-order chi connectivity index (χ1) is 12.7. The maximum Gasteiger partial charge on any atom is 0.231 e. The van der Waals surface area contributed by atoms with Crippen LogP contribution in [0.1, 0.15) is 11.6 Å². The predicted octanol–water partition coefficient (Wildman–Crippen LogP) is 1.69. The van der Waals surface area contributed by atoms with Crippen molar-refractivity contribution in [2.24, 2.45) is 0 Å². The number of hydrogen-bond acceptors (Lipinski definition) is 3. The summed E-state index contributed by atoms with van der Waals surface area (Å²) >= 11 is 1.41. The van der Waals surface area contributed by atoms with E-state index in [2.05, 4.69) is 17.4 Å². The Bertz CT molecular complexity index is 691. The number of amides is 1. The molecule has 1 fully saturated rings. The molecular weight excluding hydrogens is 351 g/mol. The van der Waals surface area contributed by atoms with E-state index < -0.39 is 0 Å². The highest BCUT2D eigenvalue weighted by molar-refractivity contribution is 8.00. The molecule has 0 spiro atoms. The number of halogens is 1. The zero-order valence-electron chi connectivity index (χ0n) is 14.6. The Morgan fingerprint density at radius 1 is 1.12 bits per heavy atom. The number of thioether (sulfide) groups is 1. The molecule has 2 N–H and O–H groups in total. The molecule has 6 heteroatoms. The summed E-state index contributed by atoms with van der Waals surface area (Å²) in [5.74, 6) is 0.0326. The molecule has 4 nitrogen and oxygen atoms in total. The number of quaternary nitrogens is 1. The van der Waals surface area contributed by atoms with Crippen molar-refractivity contribution < 1.29 is 18.8 Å². The van der Waals surface area contributed by atoms with Gasteiger partial charge in [-0.2, -0.15) is 0 Å². The molecule has 3 rings (SSSR count). The Balaban J connectivity index is 1.58. The van der Waals surface area contributed by atoms with E-state index in [1.165, 1.54) is 28.8 Å². The number of benzene rings is 2. The molecule has 0 aliphatic carbocycles. The first-order valence-corrected chi connectivity index (χ1v) is 9.83. The van der Waals surface area contributed by atoms with E-state index in [1.807, 2.05) is 18.2 Å². The smallest absolute Gasteiger partial charge is 0.231 e. The maximum atomic E-state index is 13.0. The van der Waals surface area contributed by atoms with Crippen LogP contribution < -0.4 is 10.2 Å². The number of hydrogen-bond donors (Lipinski definition) is 2. The minimum atomic E-state index is -0.267. The Labute approximate surface area is 157 Å². The van der Waals surface area contributed by atoms with Crippen molar-refractivity contribution in [1.82, 2.24) is 5.32 Å². The fourth-order valence-electron chi connectivity index (χ4n) is 3.01. The van der Waals surface area contributed by atoms with Crippen molar-refractivity contribution in [3.05, 3.63) is 66.0 Å². The third-order valence-electron chi connectivity index (χ3n) is 4.41. The second kappa shape index (κ2) is 9.71. The quantitative estimate of drug-likeness (QED) is 0.724. The van der Waals surface area contributed by atoms with Gasteiger partial charge in [-0.05, 0) is 29.8 Å². The van der Waals surface area contributed by atoms with Crippen molar-refractivity contribution in [3.63, 3.8) is 0 Å². The maximum absolute atomic E-state index is 13.0. The molecule has 0 unspecified atom stereocenters. The van der Waals surface area contributed by atoms with Gasteiger partial charge in [0.05, 0.1) is 19.0 Å². The van der Waals surface area contributed by atoms with E-state index in [0.717, 1.165) is 43.3 Å². The molecule has 0 bridgehead atoms. The van der Waals surface area contributed by atoms with Crippen LogP contribution in [0.4, 0.5) is 4.39 Å². The topological polar surface area (TPSA) is 42.8 Å². The molecule has 26 heavy (non-hydrogen) atoms. The molecule has 1 aliphatic heterocycles. The van der Waals surface area contributed by atoms with Crippen LogP contribution in [0.2, 0.25) is 0 Å². The minimum Gasteiger partial charge on any atom is -0.370 e. The summed E-state index contributed by atoms with van der Waals surface area (Å²) in [4.78, 5) is 14.8. The summed E-state index contributed by atoms with van der Waals surface area (Å²) < 4.78 is 18.4. The fourth-order valence-corrected chi connectivity index (χ4v) is 3.72. The van der Waals surface area contributed by atoms with Gasteiger partial charge in [-0.1, -0.05) is 30.3 Å². The summed E-state index contributed by atoms with van der Waals surface area (Å²) in [7, 11) is 0. The van der Waals surface area contributed by atoms with Gasteiger partial charge in [0.2, 0.25) is 5.91 Å². The largest absolute Gasteiger partial charge is 0.370 e. The third kappa shape index (κ3) is 5.83. The second-order valence-corrected chi connectivity index (χ2v) is 7.39.